The number of aliphatic imine (C=N–C) groups is 1. The first kappa shape index (κ1) is 24.5. The number of nitrogens with one attached hydrogen (secondary N) is 2. The minimum Gasteiger partial charge on any atom is -0.379 e. The molecule has 2 N–H and O–H groups in total. The van der Waals surface area contributed by atoms with Crippen molar-refractivity contribution < 1.29 is 4.74 Å². The van der Waals surface area contributed by atoms with Crippen molar-refractivity contribution in [2.75, 3.05) is 57.9 Å². The largest absolute Gasteiger partial charge is 0.379 e. The van der Waals surface area contributed by atoms with Crippen LogP contribution in [0.25, 0.3) is 0 Å². The maximum Gasteiger partial charge on any atom is 0.191 e. The first-order valence-corrected chi connectivity index (χ1v) is 11.8. The van der Waals surface area contributed by atoms with Gasteiger partial charge < -0.3 is 20.3 Å². The lowest BCUT2D eigenvalue weighted by molar-refractivity contribution is -0.0352. The molecule has 7 nitrogen and oxygen atoms in total. The molecule has 0 bridgehead atoms. The average Bonchev–Trinajstić information content (AvgIpc) is 3.36. The molecule has 174 valence electrons. The third-order valence-electron chi connectivity index (χ3n) is 6.97. The van der Waals surface area contributed by atoms with Gasteiger partial charge in [-0.1, -0.05) is 25.3 Å². The summed E-state index contributed by atoms with van der Waals surface area (Å²) >= 11 is 0. The number of hydrogen-bond acceptors (Lipinski definition) is 5. The number of halogens is 1. The molecular weight excluding hydrogens is 503 g/mol. The summed E-state index contributed by atoms with van der Waals surface area (Å²) in [5, 5.41) is 7.11. The summed E-state index contributed by atoms with van der Waals surface area (Å²) in [5.41, 5.74) is 1.42. The van der Waals surface area contributed by atoms with Crippen molar-refractivity contribution in [2.24, 2.45) is 4.99 Å². The van der Waals surface area contributed by atoms with Gasteiger partial charge in [0.1, 0.15) is 5.82 Å². The number of guanidine groups is 1. The van der Waals surface area contributed by atoms with Gasteiger partial charge in [0, 0.05) is 58.1 Å². The molecule has 0 spiro atoms. The lowest BCUT2D eigenvalue weighted by Gasteiger charge is -2.48. The van der Waals surface area contributed by atoms with Crippen molar-refractivity contribution in [3.63, 3.8) is 0 Å². The second kappa shape index (κ2) is 12.2. The van der Waals surface area contributed by atoms with Gasteiger partial charge in [0.2, 0.25) is 0 Å². The fourth-order valence-corrected chi connectivity index (χ4v) is 5.16. The molecule has 0 aromatic carbocycles. The van der Waals surface area contributed by atoms with Crippen molar-refractivity contribution >= 4 is 35.8 Å². The Morgan fingerprint density at radius 1 is 1.03 bits per heavy atom. The van der Waals surface area contributed by atoms with Gasteiger partial charge in [0.15, 0.2) is 5.96 Å². The summed E-state index contributed by atoms with van der Waals surface area (Å²) in [6.07, 6.45) is 11.1. The lowest BCUT2D eigenvalue weighted by Crippen LogP contribution is -2.60. The highest BCUT2D eigenvalue weighted by Gasteiger charge is 2.38. The zero-order valence-electron chi connectivity index (χ0n) is 18.9. The Hall–Kier alpha value is -1.13. The van der Waals surface area contributed by atoms with E-state index in [0.717, 1.165) is 64.3 Å². The van der Waals surface area contributed by atoms with Crippen LogP contribution in [0.2, 0.25) is 0 Å². The molecule has 0 atom stereocenters. The molecule has 4 rings (SSSR count). The molecule has 3 heterocycles. The van der Waals surface area contributed by atoms with Gasteiger partial charge in [0.05, 0.1) is 13.2 Å². The van der Waals surface area contributed by atoms with Crippen molar-refractivity contribution in [1.82, 2.24) is 20.5 Å². The highest BCUT2D eigenvalue weighted by molar-refractivity contribution is 14.0. The zero-order chi connectivity index (χ0) is 20.7. The molecule has 1 aliphatic carbocycles. The Kier molecular flexibility index (Phi) is 9.65. The van der Waals surface area contributed by atoms with E-state index in [-0.39, 0.29) is 29.5 Å². The van der Waals surface area contributed by atoms with Crippen molar-refractivity contribution in [1.29, 1.82) is 0 Å². The number of morpholine rings is 1. The Morgan fingerprint density at radius 2 is 1.77 bits per heavy atom. The predicted molar refractivity (Wildman–Crippen MR) is 138 cm³/mol. The van der Waals surface area contributed by atoms with Crippen LogP contribution in [0, 0.1) is 0 Å². The third kappa shape index (κ3) is 6.44. The molecule has 1 aromatic rings. The molecule has 2 aliphatic heterocycles. The second-order valence-corrected chi connectivity index (χ2v) is 8.88. The van der Waals surface area contributed by atoms with Gasteiger partial charge in [-0.2, -0.15) is 0 Å². The van der Waals surface area contributed by atoms with E-state index < -0.39 is 0 Å². The number of aromatic nitrogens is 1. The molecule has 0 radical (unpaired) electrons. The van der Waals surface area contributed by atoms with Crippen LogP contribution in [0.4, 0.5) is 5.82 Å². The van der Waals surface area contributed by atoms with Crippen LogP contribution >= 0.6 is 24.0 Å². The van der Waals surface area contributed by atoms with E-state index in [1.165, 1.54) is 50.5 Å². The maximum absolute atomic E-state index is 5.60. The van der Waals surface area contributed by atoms with Crippen LogP contribution in [0.15, 0.2) is 23.3 Å². The molecule has 31 heavy (non-hydrogen) atoms. The smallest absolute Gasteiger partial charge is 0.191 e. The van der Waals surface area contributed by atoms with Gasteiger partial charge in [0.25, 0.3) is 0 Å². The van der Waals surface area contributed by atoms with E-state index in [0.29, 0.717) is 0 Å². The molecule has 0 unspecified atom stereocenters. The first-order valence-electron chi connectivity index (χ1n) is 11.8. The number of ether oxygens (including phenoxy) is 1. The Morgan fingerprint density at radius 3 is 2.42 bits per heavy atom. The van der Waals surface area contributed by atoms with E-state index in [9.17, 15) is 0 Å². The quantitative estimate of drug-likeness (QED) is 0.328. The van der Waals surface area contributed by atoms with Crippen molar-refractivity contribution in [2.45, 2.75) is 57.0 Å². The van der Waals surface area contributed by atoms with E-state index >= 15 is 0 Å². The molecule has 1 aromatic heterocycles. The first-order chi connectivity index (χ1) is 14.8. The summed E-state index contributed by atoms with van der Waals surface area (Å²) in [6, 6.07) is 4.32. The van der Waals surface area contributed by atoms with E-state index in [1.807, 2.05) is 13.2 Å². The van der Waals surface area contributed by atoms with Crippen LogP contribution in [0.1, 0.15) is 50.5 Å². The maximum atomic E-state index is 5.60. The van der Waals surface area contributed by atoms with Crippen LogP contribution in [-0.2, 0) is 11.3 Å². The van der Waals surface area contributed by atoms with Crippen LogP contribution in [-0.4, -0.2) is 74.4 Å². The van der Waals surface area contributed by atoms with Gasteiger partial charge in [-0.3, -0.25) is 9.89 Å². The van der Waals surface area contributed by atoms with Crippen LogP contribution in [0.3, 0.4) is 0 Å². The molecular formula is C23H39IN6O. The Balaban J connectivity index is 0.00000272. The lowest BCUT2D eigenvalue weighted by atomic mass is 9.80. The molecule has 8 heteroatoms. The Bertz CT molecular complexity index is 680. The van der Waals surface area contributed by atoms with Crippen LogP contribution in [0.5, 0.6) is 0 Å². The van der Waals surface area contributed by atoms with Crippen molar-refractivity contribution in [3.05, 3.63) is 23.9 Å². The number of rotatable bonds is 6. The van der Waals surface area contributed by atoms with Crippen molar-refractivity contribution in [3.8, 4) is 0 Å². The fourth-order valence-electron chi connectivity index (χ4n) is 5.16. The summed E-state index contributed by atoms with van der Waals surface area (Å²) in [6.45, 7) is 7.74. The van der Waals surface area contributed by atoms with E-state index in [4.69, 9.17) is 4.74 Å². The SMILES string of the molecule is CN=C(NCc1ccc(N2CCCC2)nc1)NCC1(N2CCOCC2)CCCCC1.I. The minimum atomic E-state index is 0. The van der Waals surface area contributed by atoms with Crippen LogP contribution < -0.4 is 15.5 Å². The fraction of sp³-hybridized carbons (Fsp3) is 0.739. The zero-order valence-corrected chi connectivity index (χ0v) is 21.3. The molecule has 0 amide bonds. The van der Waals surface area contributed by atoms with E-state index in [2.05, 4.69) is 42.5 Å². The number of nitrogens with zero attached hydrogens (tertiary/aromatic N) is 4. The van der Waals surface area contributed by atoms with Gasteiger partial charge in [-0.25, -0.2) is 4.98 Å². The van der Waals surface area contributed by atoms with Gasteiger partial charge in [-0.05, 0) is 37.3 Å². The molecule has 2 saturated heterocycles. The summed E-state index contributed by atoms with van der Waals surface area (Å²) in [5.74, 6) is 1.97. The topological polar surface area (TPSA) is 65.0 Å². The summed E-state index contributed by atoms with van der Waals surface area (Å²) in [7, 11) is 1.85. The summed E-state index contributed by atoms with van der Waals surface area (Å²) in [4.78, 5) is 14.2. The molecule has 3 fully saturated rings. The highest BCUT2D eigenvalue weighted by atomic mass is 127. The Labute approximate surface area is 204 Å². The number of anilines is 1. The van der Waals surface area contributed by atoms with Gasteiger partial charge in [-0.15, -0.1) is 24.0 Å². The summed E-state index contributed by atoms with van der Waals surface area (Å²) < 4.78 is 5.60. The molecule has 1 saturated carbocycles. The normalized spacial score (nSPS) is 22.1. The number of pyridine rings is 1. The van der Waals surface area contributed by atoms with Gasteiger partial charge >= 0.3 is 0 Å². The third-order valence-corrected chi connectivity index (χ3v) is 6.97. The molecule has 3 aliphatic rings. The minimum absolute atomic E-state index is 0. The highest BCUT2D eigenvalue weighted by Crippen LogP contribution is 2.33. The predicted octanol–water partition coefficient (Wildman–Crippen LogP) is 3.00. The monoisotopic (exact) mass is 542 g/mol. The average molecular weight is 543 g/mol. The number of hydrogen-bond donors (Lipinski definition) is 2. The second-order valence-electron chi connectivity index (χ2n) is 8.88. The standard InChI is InChI=1S/C23H38N6O.HI/c1-24-22(26-18-20-7-8-21(25-17-20)28-11-5-6-12-28)27-19-23(9-3-2-4-10-23)29-13-15-30-16-14-29;/h7-8,17H,2-6,9-16,18-19H2,1H3,(H2,24,26,27);1H. The van der Waals surface area contributed by atoms with E-state index in [1.54, 1.807) is 0 Å².